The molecule has 2 fully saturated rings. The summed E-state index contributed by atoms with van der Waals surface area (Å²) in [6, 6.07) is 0.831. The van der Waals surface area contributed by atoms with Gasteiger partial charge in [-0.3, -0.25) is 4.90 Å². The first-order chi connectivity index (χ1) is 9.28. The molecule has 1 N–H and O–H groups in total. The van der Waals surface area contributed by atoms with Crippen molar-refractivity contribution in [2.45, 2.75) is 18.6 Å². The van der Waals surface area contributed by atoms with Gasteiger partial charge < -0.3 is 23.3 Å². The van der Waals surface area contributed by atoms with Gasteiger partial charge in [-0.15, -0.1) is 0 Å². The van der Waals surface area contributed by atoms with Crippen LogP contribution in [0.5, 0.6) is 0 Å². The van der Waals surface area contributed by atoms with E-state index in [9.17, 15) is 0 Å². The van der Waals surface area contributed by atoms with Crippen molar-refractivity contribution in [1.82, 2.24) is 10.2 Å². The Morgan fingerprint density at radius 2 is 2.00 bits per heavy atom. The molecule has 1 atom stereocenters. The third kappa shape index (κ3) is 4.49. The number of hydrogen-bond donors (Lipinski definition) is 1. The average molecular weight is 290 g/mol. The van der Waals surface area contributed by atoms with Crippen molar-refractivity contribution >= 4 is 8.80 Å². The Morgan fingerprint density at radius 3 is 2.68 bits per heavy atom. The van der Waals surface area contributed by atoms with Crippen molar-refractivity contribution in [3.05, 3.63) is 0 Å². The fraction of sp³-hybridized carbons (Fsp3) is 1.00. The lowest BCUT2D eigenvalue weighted by atomic mass is 10.3. The second kappa shape index (κ2) is 7.68. The van der Waals surface area contributed by atoms with Crippen molar-refractivity contribution in [3.63, 3.8) is 0 Å². The van der Waals surface area contributed by atoms with Gasteiger partial charge in [0.05, 0.1) is 12.7 Å². The minimum Gasteiger partial charge on any atom is -0.379 e. The van der Waals surface area contributed by atoms with Gasteiger partial charge in [0, 0.05) is 59.6 Å². The molecule has 2 aliphatic rings. The van der Waals surface area contributed by atoms with E-state index in [1.54, 1.807) is 14.2 Å². The maximum absolute atomic E-state index is 6.19. The molecule has 6 nitrogen and oxygen atoms in total. The van der Waals surface area contributed by atoms with Crippen LogP contribution in [0.1, 0.15) is 6.42 Å². The Labute approximate surface area is 116 Å². The summed E-state index contributed by atoms with van der Waals surface area (Å²) in [4.78, 5) is 2.41. The predicted octanol–water partition coefficient (Wildman–Crippen LogP) is -0.0712. The van der Waals surface area contributed by atoms with Crippen LogP contribution < -0.4 is 5.32 Å². The molecule has 0 aliphatic carbocycles. The minimum atomic E-state index is -2.48. The van der Waals surface area contributed by atoms with Crippen molar-refractivity contribution in [2.75, 3.05) is 60.2 Å². The van der Waals surface area contributed by atoms with E-state index in [2.05, 4.69) is 10.2 Å². The molecule has 0 spiro atoms. The van der Waals surface area contributed by atoms with E-state index < -0.39 is 8.80 Å². The van der Waals surface area contributed by atoms with Crippen LogP contribution in [-0.2, 0) is 18.0 Å². The molecule has 0 saturated carbocycles. The van der Waals surface area contributed by atoms with Crippen molar-refractivity contribution in [2.24, 2.45) is 0 Å². The topological polar surface area (TPSA) is 52.2 Å². The van der Waals surface area contributed by atoms with Crippen LogP contribution in [0.4, 0.5) is 0 Å². The quantitative estimate of drug-likeness (QED) is 0.732. The minimum absolute atomic E-state index is 0.0463. The molecule has 1 unspecified atom stereocenters. The van der Waals surface area contributed by atoms with Crippen LogP contribution in [0.15, 0.2) is 0 Å². The number of rotatable bonds is 4. The smallest absolute Gasteiger partial charge is 0.379 e. The third-order valence-electron chi connectivity index (χ3n) is 3.72. The van der Waals surface area contributed by atoms with Crippen LogP contribution in [0.2, 0.25) is 6.04 Å². The van der Waals surface area contributed by atoms with Gasteiger partial charge in [-0.05, 0) is 6.42 Å². The van der Waals surface area contributed by atoms with E-state index >= 15 is 0 Å². The molecule has 19 heavy (non-hydrogen) atoms. The highest BCUT2D eigenvalue weighted by molar-refractivity contribution is 6.60. The first-order valence-corrected chi connectivity index (χ1v) is 9.00. The predicted molar refractivity (Wildman–Crippen MR) is 74.2 cm³/mol. The highest BCUT2D eigenvalue weighted by atomic mass is 28.4. The van der Waals surface area contributed by atoms with Crippen molar-refractivity contribution in [1.29, 1.82) is 0 Å². The van der Waals surface area contributed by atoms with Gasteiger partial charge in [-0.25, -0.2) is 0 Å². The molecule has 2 rings (SSSR count). The van der Waals surface area contributed by atoms with E-state index in [-0.39, 0.29) is 6.10 Å². The summed E-state index contributed by atoms with van der Waals surface area (Å²) in [5, 5.41) is 3.36. The summed E-state index contributed by atoms with van der Waals surface area (Å²) in [5.41, 5.74) is 0. The summed E-state index contributed by atoms with van der Waals surface area (Å²) in [6.45, 7) is 6.51. The van der Waals surface area contributed by atoms with Gasteiger partial charge in [0.2, 0.25) is 0 Å². The largest absolute Gasteiger partial charge is 0.500 e. The molecule has 0 aromatic rings. The summed E-state index contributed by atoms with van der Waals surface area (Å²) < 4.78 is 23.0. The van der Waals surface area contributed by atoms with E-state index in [0.29, 0.717) is 6.61 Å². The molecule has 2 saturated heterocycles. The van der Waals surface area contributed by atoms with Gasteiger partial charge in [-0.2, -0.15) is 0 Å². The Kier molecular flexibility index (Phi) is 6.21. The summed E-state index contributed by atoms with van der Waals surface area (Å²) in [5.74, 6) is 0. The molecule has 0 aromatic heterocycles. The molecule has 0 bridgehead atoms. The van der Waals surface area contributed by atoms with E-state index in [1.807, 2.05) is 0 Å². The molecule has 0 amide bonds. The fourth-order valence-electron chi connectivity index (χ4n) is 2.61. The average Bonchev–Trinajstić information content (AvgIpc) is 2.43. The zero-order chi connectivity index (χ0) is 13.6. The molecule has 2 aliphatic heterocycles. The first kappa shape index (κ1) is 15.4. The highest BCUT2D eigenvalue weighted by Crippen LogP contribution is 2.21. The second-order valence-electron chi connectivity index (χ2n) is 5.06. The summed E-state index contributed by atoms with van der Waals surface area (Å²) in [6.07, 6.45) is 0.985. The van der Waals surface area contributed by atoms with Crippen LogP contribution in [-0.4, -0.2) is 80.0 Å². The second-order valence-corrected chi connectivity index (χ2v) is 7.98. The van der Waals surface area contributed by atoms with Gasteiger partial charge >= 0.3 is 8.80 Å². The molecular formula is C12H26N2O4Si. The fourth-order valence-corrected chi connectivity index (χ4v) is 4.72. The zero-order valence-electron chi connectivity index (χ0n) is 12.0. The summed E-state index contributed by atoms with van der Waals surface area (Å²) in [7, 11) is 0.906. The van der Waals surface area contributed by atoms with Gasteiger partial charge in [0.25, 0.3) is 0 Å². The molecule has 0 aromatic carbocycles. The Balaban J connectivity index is 1.92. The van der Waals surface area contributed by atoms with E-state index in [0.717, 1.165) is 51.8 Å². The molecule has 112 valence electrons. The molecular weight excluding hydrogens is 264 g/mol. The normalized spacial score (nSPS) is 29.7. The SMILES string of the molecule is CO[Si]1(OC)CCCOCC(CN2CCNCC2)O1. The lowest BCUT2D eigenvalue weighted by Crippen LogP contribution is -2.53. The number of nitrogens with one attached hydrogen (secondary N) is 1. The third-order valence-corrected chi connectivity index (χ3v) is 6.62. The molecule has 2 heterocycles. The Bertz CT molecular complexity index is 260. The maximum Gasteiger partial charge on any atom is 0.500 e. The van der Waals surface area contributed by atoms with Crippen LogP contribution in [0.25, 0.3) is 0 Å². The van der Waals surface area contributed by atoms with Crippen molar-refractivity contribution in [3.8, 4) is 0 Å². The van der Waals surface area contributed by atoms with E-state index in [4.69, 9.17) is 18.0 Å². The van der Waals surface area contributed by atoms with Gasteiger partial charge in [-0.1, -0.05) is 0 Å². The van der Waals surface area contributed by atoms with Gasteiger partial charge in [0.15, 0.2) is 0 Å². The Morgan fingerprint density at radius 1 is 1.26 bits per heavy atom. The van der Waals surface area contributed by atoms with Crippen LogP contribution in [0.3, 0.4) is 0 Å². The lowest BCUT2D eigenvalue weighted by Gasteiger charge is -2.36. The maximum atomic E-state index is 6.19. The monoisotopic (exact) mass is 290 g/mol. The van der Waals surface area contributed by atoms with Crippen molar-refractivity contribution < 1.29 is 18.0 Å². The number of hydrogen-bond acceptors (Lipinski definition) is 6. The number of ether oxygens (including phenoxy) is 1. The summed E-state index contributed by atoms with van der Waals surface area (Å²) >= 11 is 0. The number of nitrogens with zero attached hydrogens (tertiary/aromatic N) is 1. The van der Waals surface area contributed by atoms with Crippen LogP contribution >= 0.6 is 0 Å². The highest BCUT2D eigenvalue weighted by Gasteiger charge is 2.42. The number of piperazine rings is 1. The van der Waals surface area contributed by atoms with E-state index in [1.165, 1.54) is 0 Å². The zero-order valence-corrected chi connectivity index (χ0v) is 13.0. The Hall–Kier alpha value is -0.0231. The van der Waals surface area contributed by atoms with Gasteiger partial charge in [0.1, 0.15) is 0 Å². The lowest BCUT2D eigenvalue weighted by molar-refractivity contribution is -0.0284. The first-order valence-electron chi connectivity index (χ1n) is 7.07. The molecule has 0 radical (unpaired) electrons. The van der Waals surface area contributed by atoms with Crippen LogP contribution in [0, 0.1) is 0 Å². The standard InChI is InChI=1S/C12H26N2O4Si/c1-15-19(16-2)9-3-8-17-11-12(18-19)10-14-6-4-13-5-7-14/h12-13H,3-11H2,1-2H3. The molecule has 7 heteroatoms.